The van der Waals surface area contributed by atoms with E-state index in [0.717, 1.165) is 22.9 Å². The summed E-state index contributed by atoms with van der Waals surface area (Å²) in [6.45, 7) is 0.482. The van der Waals surface area contributed by atoms with Crippen LogP contribution in [0.1, 0.15) is 31.2 Å². The van der Waals surface area contributed by atoms with Crippen LogP contribution in [0.5, 0.6) is 0 Å². The average molecular weight is 371 g/mol. The molecule has 0 aliphatic carbocycles. The molecule has 9 heteroatoms. The van der Waals surface area contributed by atoms with Crippen LogP contribution in [0, 0.1) is 0 Å². The minimum absolute atomic E-state index is 0.159. The highest BCUT2D eigenvalue weighted by Crippen LogP contribution is 2.38. The van der Waals surface area contributed by atoms with Crippen molar-refractivity contribution in [3.8, 4) is 0 Å². The monoisotopic (exact) mass is 370 g/mol. The fourth-order valence-corrected chi connectivity index (χ4v) is 4.94. The van der Waals surface area contributed by atoms with E-state index in [1.807, 2.05) is 0 Å². The molecule has 1 aromatic rings. The fraction of sp³-hybridized carbons (Fsp3) is 0.571. The van der Waals surface area contributed by atoms with Crippen LogP contribution in [0.15, 0.2) is 23.1 Å². The standard InChI is InChI=1S/C14H18ClF3N2O2S/c15-10-4-5-13(12(9-10)14(16,17)18)23(21,22)20-8-2-1-3-11(20)6-7-19/h4-5,9,11H,1-3,6-8,19H2. The summed E-state index contributed by atoms with van der Waals surface area (Å²) in [5, 5.41) is -0.159. The van der Waals surface area contributed by atoms with Crippen molar-refractivity contribution in [2.45, 2.75) is 42.8 Å². The van der Waals surface area contributed by atoms with Crippen LogP contribution in [0.2, 0.25) is 5.02 Å². The van der Waals surface area contributed by atoms with Crippen LogP contribution in [0.4, 0.5) is 13.2 Å². The minimum Gasteiger partial charge on any atom is -0.330 e. The van der Waals surface area contributed by atoms with Gasteiger partial charge in [-0.2, -0.15) is 17.5 Å². The van der Waals surface area contributed by atoms with Crippen molar-refractivity contribution < 1.29 is 21.6 Å². The Bertz CT molecular complexity index is 662. The molecule has 1 atom stereocenters. The molecule has 1 fully saturated rings. The summed E-state index contributed by atoms with van der Waals surface area (Å²) >= 11 is 5.61. The maximum atomic E-state index is 13.2. The Labute approximate surface area is 138 Å². The third kappa shape index (κ3) is 3.99. The quantitative estimate of drug-likeness (QED) is 0.884. The molecular formula is C14H18ClF3N2O2S. The number of hydrogen-bond donors (Lipinski definition) is 1. The van der Waals surface area contributed by atoms with E-state index in [0.29, 0.717) is 25.3 Å². The van der Waals surface area contributed by atoms with Crippen LogP contribution in [-0.4, -0.2) is 31.9 Å². The molecule has 1 aliphatic heterocycles. The van der Waals surface area contributed by atoms with Gasteiger partial charge in [-0.3, -0.25) is 0 Å². The van der Waals surface area contributed by atoms with Crippen LogP contribution in [-0.2, 0) is 16.2 Å². The lowest BCUT2D eigenvalue weighted by Crippen LogP contribution is -2.45. The van der Waals surface area contributed by atoms with E-state index in [2.05, 4.69) is 0 Å². The van der Waals surface area contributed by atoms with Gasteiger partial charge in [-0.05, 0) is 44.0 Å². The summed E-state index contributed by atoms with van der Waals surface area (Å²) in [6, 6.07) is 2.37. The number of benzene rings is 1. The Morgan fingerprint density at radius 2 is 2.00 bits per heavy atom. The normalized spacial score (nSPS) is 20.7. The maximum absolute atomic E-state index is 13.2. The molecule has 0 aromatic heterocycles. The highest BCUT2D eigenvalue weighted by Gasteiger charge is 2.41. The lowest BCUT2D eigenvalue weighted by Gasteiger charge is -2.35. The molecule has 23 heavy (non-hydrogen) atoms. The Morgan fingerprint density at radius 1 is 1.30 bits per heavy atom. The van der Waals surface area contributed by atoms with Gasteiger partial charge in [0.25, 0.3) is 0 Å². The van der Waals surface area contributed by atoms with Crippen molar-refractivity contribution in [3.05, 3.63) is 28.8 Å². The van der Waals surface area contributed by atoms with E-state index in [9.17, 15) is 21.6 Å². The third-order valence-electron chi connectivity index (χ3n) is 3.91. The first kappa shape index (κ1) is 18.5. The summed E-state index contributed by atoms with van der Waals surface area (Å²) in [5.41, 5.74) is 4.27. The lowest BCUT2D eigenvalue weighted by molar-refractivity contribution is -0.139. The topological polar surface area (TPSA) is 63.4 Å². The predicted octanol–water partition coefficient (Wildman–Crippen LogP) is 3.25. The van der Waals surface area contributed by atoms with Gasteiger partial charge < -0.3 is 5.73 Å². The maximum Gasteiger partial charge on any atom is 0.417 e. The zero-order chi connectivity index (χ0) is 17.3. The zero-order valence-corrected chi connectivity index (χ0v) is 13.9. The lowest BCUT2D eigenvalue weighted by atomic mass is 10.0. The first-order valence-electron chi connectivity index (χ1n) is 7.26. The molecule has 0 saturated carbocycles. The van der Waals surface area contributed by atoms with Crippen molar-refractivity contribution in [2.24, 2.45) is 5.73 Å². The molecule has 2 N–H and O–H groups in total. The molecule has 130 valence electrons. The Hall–Kier alpha value is -0.830. The van der Waals surface area contributed by atoms with Gasteiger partial charge in [0.05, 0.1) is 10.5 Å². The smallest absolute Gasteiger partial charge is 0.330 e. The van der Waals surface area contributed by atoms with E-state index in [1.54, 1.807) is 0 Å². The highest BCUT2D eigenvalue weighted by atomic mass is 35.5. The molecule has 0 spiro atoms. The molecule has 4 nitrogen and oxygen atoms in total. The number of piperidine rings is 1. The third-order valence-corrected chi connectivity index (χ3v) is 6.15. The van der Waals surface area contributed by atoms with Gasteiger partial charge in [0.15, 0.2) is 0 Å². The largest absolute Gasteiger partial charge is 0.417 e. The Morgan fingerprint density at radius 3 is 2.61 bits per heavy atom. The van der Waals surface area contributed by atoms with Crippen molar-refractivity contribution in [1.82, 2.24) is 4.31 Å². The van der Waals surface area contributed by atoms with Crippen molar-refractivity contribution in [2.75, 3.05) is 13.1 Å². The van der Waals surface area contributed by atoms with E-state index in [4.69, 9.17) is 17.3 Å². The highest BCUT2D eigenvalue weighted by molar-refractivity contribution is 7.89. The van der Waals surface area contributed by atoms with Gasteiger partial charge in [-0.15, -0.1) is 0 Å². The summed E-state index contributed by atoms with van der Waals surface area (Å²) in [5.74, 6) is 0. The molecule has 1 unspecified atom stereocenters. The Balaban J connectivity index is 2.51. The summed E-state index contributed by atoms with van der Waals surface area (Å²) in [4.78, 5) is -0.752. The zero-order valence-electron chi connectivity index (χ0n) is 12.3. The number of sulfonamides is 1. The van der Waals surface area contributed by atoms with Gasteiger partial charge in [-0.25, -0.2) is 8.42 Å². The van der Waals surface area contributed by atoms with Gasteiger partial charge >= 0.3 is 6.18 Å². The van der Waals surface area contributed by atoms with Crippen molar-refractivity contribution in [1.29, 1.82) is 0 Å². The van der Waals surface area contributed by atoms with E-state index < -0.39 is 26.7 Å². The Kier molecular flexibility index (Phi) is 5.60. The summed E-state index contributed by atoms with van der Waals surface area (Å²) in [7, 11) is -4.26. The molecule has 1 aromatic carbocycles. The second-order valence-corrected chi connectivity index (χ2v) is 7.78. The SMILES string of the molecule is NCCC1CCCCN1S(=O)(=O)c1ccc(Cl)cc1C(F)(F)F. The van der Waals surface area contributed by atoms with Gasteiger partial charge in [-0.1, -0.05) is 18.0 Å². The van der Waals surface area contributed by atoms with Crippen LogP contribution < -0.4 is 5.73 Å². The second kappa shape index (κ2) is 6.96. The van der Waals surface area contributed by atoms with Crippen LogP contribution >= 0.6 is 11.6 Å². The molecule has 0 bridgehead atoms. The molecular weight excluding hydrogens is 353 g/mol. The predicted molar refractivity (Wildman–Crippen MR) is 81.7 cm³/mol. The van der Waals surface area contributed by atoms with Gasteiger partial charge in [0.1, 0.15) is 0 Å². The van der Waals surface area contributed by atoms with Crippen molar-refractivity contribution in [3.63, 3.8) is 0 Å². The number of nitrogens with zero attached hydrogens (tertiary/aromatic N) is 1. The number of hydrogen-bond acceptors (Lipinski definition) is 3. The summed E-state index contributed by atoms with van der Waals surface area (Å²) in [6.07, 6.45) is -2.31. The number of alkyl halides is 3. The molecule has 0 amide bonds. The fourth-order valence-electron chi connectivity index (χ4n) is 2.85. The molecule has 1 saturated heterocycles. The number of halogens is 4. The van der Waals surface area contributed by atoms with Crippen LogP contribution in [0.3, 0.4) is 0 Å². The average Bonchev–Trinajstić information content (AvgIpc) is 2.47. The van der Waals surface area contributed by atoms with Gasteiger partial charge in [0.2, 0.25) is 10.0 Å². The molecule has 0 radical (unpaired) electrons. The molecule has 2 rings (SSSR count). The van der Waals surface area contributed by atoms with E-state index in [1.165, 1.54) is 0 Å². The first-order valence-corrected chi connectivity index (χ1v) is 9.08. The molecule has 1 heterocycles. The number of nitrogens with two attached hydrogens (primary N) is 1. The minimum atomic E-state index is -4.80. The number of rotatable bonds is 4. The molecule has 1 aliphatic rings. The first-order chi connectivity index (χ1) is 10.7. The second-order valence-electron chi connectivity index (χ2n) is 5.48. The van der Waals surface area contributed by atoms with Gasteiger partial charge in [0, 0.05) is 17.6 Å². The van der Waals surface area contributed by atoms with E-state index >= 15 is 0 Å². The van der Waals surface area contributed by atoms with Crippen molar-refractivity contribution >= 4 is 21.6 Å². The summed E-state index contributed by atoms with van der Waals surface area (Å²) < 4.78 is 66.4. The van der Waals surface area contributed by atoms with E-state index in [-0.39, 0.29) is 24.2 Å². The van der Waals surface area contributed by atoms with Crippen LogP contribution in [0.25, 0.3) is 0 Å².